The number of carbonyl (C=O) groups is 2. The lowest BCUT2D eigenvalue weighted by Crippen LogP contribution is -2.44. The number of benzene rings is 1. The minimum absolute atomic E-state index is 0.236. The van der Waals surface area contributed by atoms with Crippen molar-refractivity contribution in [3.63, 3.8) is 0 Å². The van der Waals surface area contributed by atoms with E-state index >= 15 is 0 Å². The van der Waals surface area contributed by atoms with E-state index in [2.05, 4.69) is 21.2 Å². The number of halogens is 1. The molecule has 0 spiro atoms. The molecule has 0 saturated carbocycles. The number of carbonyl (C=O) groups excluding carboxylic acids is 2. The molecule has 0 unspecified atom stereocenters. The second-order valence-electron chi connectivity index (χ2n) is 5.94. The molecule has 1 saturated heterocycles. The van der Waals surface area contributed by atoms with Crippen molar-refractivity contribution >= 4 is 33.6 Å². The number of esters is 1. The van der Waals surface area contributed by atoms with Crippen molar-refractivity contribution in [2.24, 2.45) is 5.92 Å². The van der Waals surface area contributed by atoms with E-state index in [0.717, 1.165) is 12.8 Å². The van der Waals surface area contributed by atoms with Gasteiger partial charge in [0.25, 0.3) is 0 Å². The molecule has 0 radical (unpaired) electrons. The van der Waals surface area contributed by atoms with Gasteiger partial charge in [-0.2, -0.15) is 0 Å². The monoisotopic (exact) mass is 412 g/mol. The van der Waals surface area contributed by atoms with Gasteiger partial charge in [0, 0.05) is 29.7 Å². The third kappa shape index (κ3) is 4.18. The van der Waals surface area contributed by atoms with Gasteiger partial charge < -0.3 is 24.4 Å². The van der Waals surface area contributed by atoms with Crippen LogP contribution in [0.3, 0.4) is 0 Å². The fourth-order valence-electron chi connectivity index (χ4n) is 2.97. The van der Waals surface area contributed by atoms with E-state index in [4.69, 9.17) is 14.2 Å². The summed E-state index contributed by atoms with van der Waals surface area (Å²) in [7, 11) is 0. The maximum absolute atomic E-state index is 12.6. The standard InChI is InChI=1S/C17H21BrN2O5/c1-2-23-16(21)11-4-3-5-20(10-11)17(22)19-13-9-15-14(8-12(13)18)24-6-7-25-15/h8-9,11H,2-7,10H2,1H3,(H,19,22)/t11-/m0/s1. The summed E-state index contributed by atoms with van der Waals surface area (Å²) in [5.41, 5.74) is 0.604. The van der Waals surface area contributed by atoms with E-state index in [0.29, 0.717) is 54.6 Å². The number of hydrogen-bond donors (Lipinski definition) is 1. The summed E-state index contributed by atoms with van der Waals surface area (Å²) in [6.07, 6.45) is 1.52. The van der Waals surface area contributed by atoms with Gasteiger partial charge in [-0.05, 0) is 35.7 Å². The number of nitrogens with one attached hydrogen (secondary N) is 1. The van der Waals surface area contributed by atoms with Crippen molar-refractivity contribution in [2.45, 2.75) is 19.8 Å². The van der Waals surface area contributed by atoms with Crippen molar-refractivity contribution in [3.8, 4) is 11.5 Å². The van der Waals surface area contributed by atoms with Gasteiger partial charge in [0.2, 0.25) is 0 Å². The van der Waals surface area contributed by atoms with E-state index in [1.54, 1.807) is 24.0 Å². The summed E-state index contributed by atoms with van der Waals surface area (Å²) in [6, 6.07) is 3.27. The molecular formula is C17H21BrN2O5. The predicted octanol–water partition coefficient (Wildman–Crippen LogP) is 3.03. The lowest BCUT2D eigenvalue weighted by atomic mass is 9.98. The van der Waals surface area contributed by atoms with Crippen LogP contribution in [-0.4, -0.2) is 49.8 Å². The number of anilines is 1. The van der Waals surface area contributed by atoms with Crippen LogP contribution in [0.2, 0.25) is 0 Å². The van der Waals surface area contributed by atoms with E-state index in [1.807, 2.05) is 0 Å². The minimum Gasteiger partial charge on any atom is -0.486 e. The summed E-state index contributed by atoms with van der Waals surface area (Å²) in [6.45, 7) is 4.11. The molecule has 1 aromatic rings. The second-order valence-corrected chi connectivity index (χ2v) is 6.80. The van der Waals surface area contributed by atoms with Gasteiger partial charge in [0.1, 0.15) is 13.2 Å². The van der Waals surface area contributed by atoms with Crippen molar-refractivity contribution in [2.75, 3.05) is 38.2 Å². The summed E-state index contributed by atoms with van der Waals surface area (Å²) in [5, 5.41) is 2.87. The number of hydrogen-bond acceptors (Lipinski definition) is 5. The van der Waals surface area contributed by atoms with E-state index < -0.39 is 0 Å². The molecule has 25 heavy (non-hydrogen) atoms. The van der Waals surface area contributed by atoms with Gasteiger partial charge >= 0.3 is 12.0 Å². The fourth-order valence-corrected chi connectivity index (χ4v) is 3.39. The molecule has 0 aromatic heterocycles. The zero-order valence-electron chi connectivity index (χ0n) is 14.0. The highest BCUT2D eigenvalue weighted by Gasteiger charge is 2.29. The van der Waals surface area contributed by atoms with Gasteiger partial charge in [0.15, 0.2) is 11.5 Å². The highest BCUT2D eigenvalue weighted by Crippen LogP contribution is 2.38. The first kappa shape index (κ1) is 17.8. The maximum Gasteiger partial charge on any atom is 0.321 e. The molecule has 136 valence electrons. The highest BCUT2D eigenvalue weighted by atomic mass is 79.9. The summed E-state index contributed by atoms with van der Waals surface area (Å²) >= 11 is 3.44. The van der Waals surface area contributed by atoms with Crippen molar-refractivity contribution in [1.29, 1.82) is 0 Å². The summed E-state index contributed by atoms with van der Waals surface area (Å²) < 4.78 is 16.8. The van der Waals surface area contributed by atoms with Crippen LogP contribution in [0, 0.1) is 5.92 Å². The second kappa shape index (κ2) is 7.95. The largest absolute Gasteiger partial charge is 0.486 e. The molecule has 0 bridgehead atoms. The third-order valence-electron chi connectivity index (χ3n) is 4.20. The van der Waals surface area contributed by atoms with Crippen LogP contribution in [0.1, 0.15) is 19.8 Å². The average Bonchev–Trinajstić information content (AvgIpc) is 2.62. The molecule has 8 heteroatoms. The Hall–Kier alpha value is -1.96. The Balaban J connectivity index is 1.66. The molecule has 2 aliphatic rings. The number of amides is 2. The molecule has 7 nitrogen and oxygen atoms in total. The van der Waals surface area contributed by atoms with Crippen molar-refractivity contribution in [3.05, 3.63) is 16.6 Å². The Bertz CT molecular complexity index is 667. The molecule has 2 aliphatic heterocycles. The lowest BCUT2D eigenvalue weighted by Gasteiger charge is -2.31. The Morgan fingerprint density at radius 1 is 1.32 bits per heavy atom. The van der Waals surface area contributed by atoms with Gasteiger partial charge in [-0.3, -0.25) is 4.79 Å². The SMILES string of the molecule is CCOC(=O)[C@H]1CCCN(C(=O)Nc2cc3c(cc2Br)OCCO3)C1. The normalized spacial score (nSPS) is 19.3. The molecule has 0 aliphatic carbocycles. The number of piperidine rings is 1. The average molecular weight is 413 g/mol. The zero-order valence-corrected chi connectivity index (χ0v) is 15.6. The van der Waals surface area contributed by atoms with Crippen LogP contribution in [0.5, 0.6) is 11.5 Å². The molecule has 1 atom stereocenters. The van der Waals surface area contributed by atoms with Crippen molar-refractivity contribution < 1.29 is 23.8 Å². The van der Waals surface area contributed by atoms with Crippen LogP contribution < -0.4 is 14.8 Å². The lowest BCUT2D eigenvalue weighted by molar-refractivity contribution is -0.149. The first-order chi connectivity index (χ1) is 12.1. The molecular weight excluding hydrogens is 392 g/mol. The molecule has 3 rings (SSSR count). The fraction of sp³-hybridized carbons (Fsp3) is 0.529. The molecule has 1 aromatic carbocycles. The van der Waals surface area contributed by atoms with Crippen LogP contribution >= 0.6 is 15.9 Å². The summed E-state index contributed by atoms with van der Waals surface area (Å²) in [5.74, 6) is 0.757. The Morgan fingerprint density at radius 3 is 2.76 bits per heavy atom. The van der Waals surface area contributed by atoms with Crippen molar-refractivity contribution in [1.82, 2.24) is 4.90 Å². The smallest absolute Gasteiger partial charge is 0.321 e. The van der Waals surface area contributed by atoms with Gasteiger partial charge in [-0.25, -0.2) is 4.79 Å². The first-order valence-electron chi connectivity index (χ1n) is 8.40. The minimum atomic E-state index is -0.261. The van der Waals surface area contributed by atoms with E-state index in [1.165, 1.54) is 0 Å². The van der Waals surface area contributed by atoms with E-state index in [-0.39, 0.29) is 17.9 Å². The van der Waals surface area contributed by atoms with Gasteiger partial charge in [-0.15, -0.1) is 0 Å². The summed E-state index contributed by atoms with van der Waals surface area (Å²) in [4.78, 5) is 26.2. The van der Waals surface area contributed by atoms with Gasteiger partial charge in [0.05, 0.1) is 18.2 Å². The van der Waals surface area contributed by atoms with E-state index in [9.17, 15) is 9.59 Å². The Morgan fingerprint density at radius 2 is 2.04 bits per heavy atom. The quantitative estimate of drug-likeness (QED) is 0.771. The number of nitrogens with zero attached hydrogens (tertiary/aromatic N) is 1. The number of likely N-dealkylation sites (tertiary alicyclic amines) is 1. The zero-order chi connectivity index (χ0) is 17.8. The first-order valence-corrected chi connectivity index (χ1v) is 9.19. The Kier molecular flexibility index (Phi) is 5.67. The highest BCUT2D eigenvalue weighted by molar-refractivity contribution is 9.10. The number of rotatable bonds is 3. The topological polar surface area (TPSA) is 77.1 Å². The van der Waals surface area contributed by atoms with Gasteiger partial charge in [-0.1, -0.05) is 0 Å². The molecule has 2 amide bonds. The van der Waals surface area contributed by atoms with Crippen LogP contribution in [0.4, 0.5) is 10.5 Å². The molecule has 2 heterocycles. The van der Waals surface area contributed by atoms with Crippen LogP contribution in [0.15, 0.2) is 16.6 Å². The van der Waals surface area contributed by atoms with Crippen LogP contribution in [-0.2, 0) is 9.53 Å². The Labute approximate surface area is 154 Å². The van der Waals surface area contributed by atoms with Crippen LogP contribution in [0.25, 0.3) is 0 Å². The number of ether oxygens (including phenoxy) is 3. The number of fused-ring (bicyclic) bond motifs is 1. The predicted molar refractivity (Wildman–Crippen MR) is 95.1 cm³/mol. The molecule has 1 N–H and O–H groups in total. The third-order valence-corrected chi connectivity index (χ3v) is 4.86. The number of urea groups is 1. The maximum atomic E-state index is 12.6. The molecule has 1 fully saturated rings.